The van der Waals surface area contributed by atoms with E-state index in [1.807, 2.05) is 17.5 Å². The molecular formula is C10H10N2O2S. The average Bonchev–Trinajstić information content (AvgIpc) is 2.65. The maximum absolute atomic E-state index is 10.3. The first-order valence-electron chi connectivity index (χ1n) is 4.55. The minimum atomic E-state index is -0.806. The monoisotopic (exact) mass is 222 g/mol. The van der Waals surface area contributed by atoms with E-state index in [-0.39, 0.29) is 6.42 Å². The Kier molecular flexibility index (Phi) is 2.82. The van der Waals surface area contributed by atoms with Crippen molar-refractivity contribution in [2.24, 2.45) is 0 Å². The molecule has 0 bridgehead atoms. The third kappa shape index (κ3) is 2.24. The number of carboxylic acid groups (broad SMARTS) is 1. The fraction of sp³-hybridized carbons (Fsp3) is 0.200. The zero-order valence-electron chi connectivity index (χ0n) is 7.93. The SMILES string of the molecule is O=C(O)CCNc1nccc2sccc12. The average molecular weight is 222 g/mol. The van der Waals surface area contributed by atoms with Gasteiger partial charge < -0.3 is 10.4 Å². The van der Waals surface area contributed by atoms with E-state index in [0.29, 0.717) is 6.54 Å². The van der Waals surface area contributed by atoms with Crippen LogP contribution in [0.2, 0.25) is 0 Å². The molecule has 78 valence electrons. The lowest BCUT2D eigenvalue weighted by molar-refractivity contribution is -0.136. The lowest BCUT2D eigenvalue weighted by Gasteiger charge is -2.04. The van der Waals surface area contributed by atoms with E-state index in [1.165, 1.54) is 0 Å². The van der Waals surface area contributed by atoms with Crippen molar-refractivity contribution in [1.29, 1.82) is 0 Å². The molecule has 2 rings (SSSR count). The molecule has 2 aromatic rings. The van der Waals surface area contributed by atoms with Crippen LogP contribution in [0.15, 0.2) is 23.7 Å². The summed E-state index contributed by atoms with van der Waals surface area (Å²) in [5.74, 6) is -0.0463. The van der Waals surface area contributed by atoms with Gasteiger partial charge in [-0.3, -0.25) is 4.79 Å². The van der Waals surface area contributed by atoms with Crippen molar-refractivity contribution in [3.05, 3.63) is 23.7 Å². The van der Waals surface area contributed by atoms with Crippen LogP contribution >= 0.6 is 11.3 Å². The molecule has 0 atom stereocenters. The van der Waals surface area contributed by atoms with Gasteiger partial charge in [-0.1, -0.05) is 0 Å². The van der Waals surface area contributed by atoms with Crippen LogP contribution in [0, 0.1) is 0 Å². The van der Waals surface area contributed by atoms with E-state index < -0.39 is 5.97 Å². The van der Waals surface area contributed by atoms with Crippen molar-refractivity contribution in [1.82, 2.24) is 4.98 Å². The first-order valence-corrected chi connectivity index (χ1v) is 5.43. The number of hydrogen-bond acceptors (Lipinski definition) is 4. The summed E-state index contributed by atoms with van der Waals surface area (Å²) in [6.07, 6.45) is 1.82. The highest BCUT2D eigenvalue weighted by molar-refractivity contribution is 7.17. The molecule has 2 N–H and O–H groups in total. The van der Waals surface area contributed by atoms with E-state index in [1.54, 1.807) is 17.5 Å². The summed E-state index contributed by atoms with van der Waals surface area (Å²) < 4.78 is 1.16. The van der Waals surface area contributed by atoms with Crippen LogP contribution < -0.4 is 5.32 Å². The highest BCUT2D eigenvalue weighted by Crippen LogP contribution is 2.25. The van der Waals surface area contributed by atoms with Gasteiger partial charge in [-0.2, -0.15) is 0 Å². The zero-order chi connectivity index (χ0) is 10.7. The number of hydrogen-bond donors (Lipinski definition) is 2. The van der Waals surface area contributed by atoms with Gasteiger partial charge in [0, 0.05) is 22.8 Å². The van der Waals surface area contributed by atoms with Gasteiger partial charge >= 0.3 is 5.97 Å². The third-order valence-electron chi connectivity index (χ3n) is 2.01. The molecule has 0 amide bonds. The zero-order valence-corrected chi connectivity index (χ0v) is 8.75. The number of fused-ring (bicyclic) bond motifs is 1. The number of carboxylic acids is 1. The van der Waals surface area contributed by atoms with Gasteiger partial charge in [0.2, 0.25) is 0 Å². The second-order valence-corrected chi connectivity index (χ2v) is 4.01. The van der Waals surface area contributed by atoms with Crippen LogP contribution in [0.25, 0.3) is 10.1 Å². The Hall–Kier alpha value is -1.62. The molecular weight excluding hydrogens is 212 g/mol. The summed E-state index contributed by atoms with van der Waals surface area (Å²) in [6.45, 7) is 0.400. The molecule has 2 aromatic heterocycles. The molecule has 15 heavy (non-hydrogen) atoms. The highest BCUT2D eigenvalue weighted by atomic mass is 32.1. The quantitative estimate of drug-likeness (QED) is 0.832. The molecule has 2 heterocycles. The second-order valence-electron chi connectivity index (χ2n) is 3.06. The van der Waals surface area contributed by atoms with E-state index in [0.717, 1.165) is 15.9 Å². The number of rotatable bonds is 4. The van der Waals surface area contributed by atoms with Crippen molar-refractivity contribution in [3.63, 3.8) is 0 Å². The van der Waals surface area contributed by atoms with E-state index in [2.05, 4.69) is 10.3 Å². The summed E-state index contributed by atoms with van der Waals surface area (Å²) in [5, 5.41) is 14.6. The van der Waals surface area contributed by atoms with Crippen molar-refractivity contribution in [2.45, 2.75) is 6.42 Å². The van der Waals surface area contributed by atoms with E-state index in [4.69, 9.17) is 5.11 Å². The van der Waals surface area contributed by atoms with Gasteiger partial charge in [0.1, 0.15) is 5.82 Å². The maximum Gasteiger partial charge on any atom is 0.305 e. The van der Waals surface area contributed by atoms with Gasteiger partial charge in [0.15, 0.2) is 0 Å². The van der Waals surface area contributed by atoms with Crippen LogP contribution in [0.1, 0.15) is 6.42 Å². The number of nitrogens with zero attached hydrogens (tertiary/aromatic N) is 1. The molecule has 0 saturated carbocycles. The molecule has 0 aliphatic carbocycles. The number of thiophene rings is 1. The minimum Gasteiger partial charge on any atom is -0.481 e. The number of pyridine rings is 1. The van der Waals surface area contributed by atoms with Gasteiger partial charge in [-0.25, -0.2) is 4.98 Å². The molecule has 0 spiro atoms. The number of aromatic nitrogens is 1. The van der Waals surface area contributed by atoms with Gasteiger partial charge in [-0.15, -0.1) is 11.3 Å². The van der Waals surface area contributed by atoms with Crippen molar-refractivity contribution < 1.29 is 9.90 Å². The summed E-state index contributed by atoms with van der Waals surface area (Å²) in [5.41, 5.74) is 0. The first-order chi connectivity index (χ1) is 7.27. The predicted molar refractivity (Wildman–Crippen MR) is 60.4 cm³/mol. The van der Waals surface area contributed by atoms with E-state index in [9.17, 15) is 4.79 Å². The Balaban J connectivity index is 2.13. The molecule has 5 heteroatoms. The topological polar surface area (TPSA) is 62.2 Å². The number of carbonyl (C=O) groups is 1. The van der Waals surface area contributed by atoms with Crippen LogP contribution in [0.5, 0.6) is 0 Å². The van der Waals surface area contributed by atoms with Gasteiger partial charge in [-0.05, 0) is 17.5 Å². The standard InChI is InChI=1S/C10H10N2O2S/c13-9(14)2-5-12-10-7-3-6-15-8(7)1-4-11-10/h1,3-4,6H,2,5H2,(H,11,12)(H,13,14). The Morgan fingerprint density at radius 3 is 3.20 bits per heavy atom. The molecule has 0 aliphatic rings. The number of aliphatic carboxylic acids is 1. The lowest BCUT2D eigenvalue weighted by Crippen LogP contribution is -2.08. The highest BCUT2D eigenvalue weighted by Gasteiger charge is 2.03. The largest absolute Gasteiger partial charge is 0.481 e. The van der Waals surface area contributed by atoms with Crippen LogP contribution in [-0.2, 0) is 4.79 Å². The summed E-state index contributed by atoms with van der Waals surface area (Å²) in [4.78, 5) is 14.5. The van der Waals surface area contributed by atoms with E-state index >= 15 is 0 Å². The molecule has 4 nitrogen and oxygen atoms in total. The number of anilines is 1. The molecule has 0 aromatic carbocycles. The van der Waals surface area contributed by atoms with Crippen molar-refractivity contribution >= 4 is 33.2 Å². The maximum atomic E-state index is 10.3. The molecule has 0 aliphatic heterocycles. The van der Waals surface area contributed by atoms with Crippen LogP contribution in [0.4, 0.5) is 5.82 Å². The smallest absolute Gasteiger partial charge is 0.305 e. The summed E-state index contributed by atoms with van der Waals surface area (Å²) in [7, 11) is 0. The van der Waals surface area contributed by atoms with Crippen LogP contribution in [0.3, 0.4) is 0 Å². The molecule has 0 saturated heterocycles. The molecule has 0 unspecified atom stereocenters. The second kappa shape index (κ2) is 4.27. The van der Waals surface area contributed by atoms with Crippen LogP contribution in [-0.4, -0.2) is 22.6 Å². The molecule has 0 fully saturated rings. The summed E-state index contributed by atoms with van der Waals surface area (Å²) in [6, 6.07) is 3.93. The Labute approximate surface area is 90.6 Å². The van der Waals surface area contributed by atoms with Crippen molar-refractivity contribution in [3.8, 4) is 0 Å². The fourth-order valence-electron chi connectivity index (χ4n) is 1.32. The fourth-order valence-corrected chi connectivity index (χ4v) is 2.11. The van der Waals surface area contributed by atoms with Gasteiger partial charge in [0.25, 0.3) is 0 Å². The molecule has 0 radical (unpaired) electrons. The summed E-state index contributed by atoms with van der Waals surface area (Å²) >= 11 is 1.64. The Morgan fingerprint density at radius 1 is 1.53 bits per heavy atom. The minimum absolute atomic E-state index is 0.0994. The number of nitrogens with one attached hydrogen (secondary N) is 1. The van der Waals surface area contributed by atoms with Crippen molar-refractivity contribution in [2.75, 3.05) is 11.9 Å². The lowest BCUT2D eigenvalue weighted by atomic mass is 10.3. The predicted octanol–water partition coefficient (Wildman–Crippen LogP) is 2.18. The Morgan fingerprint density at radius 2 is 2.40 bits per heavy atom. The first kappa shape index (κ1) is 9.92. The normalized spacial score (nSPS) is 10.4. The van der Waals surface area contributed by atoms with Gasteiger partial charge in [0.05, 0.1) is 6.42 Å². The Bertz CT molecular complexity index is 481. The third-order valence-corrected chi connectivity index (χ3v) is 2.89.